The minimum atomic E-state index is -0.0195. The number of hydrogen-bond donors (Lipinski definition) is 1. The molecule has 6 heteroatoms. The number of aryl methyl sites for hydroxylation is 1. The molecule has 3 aromatic rings. The van der Waals surface area contributed by atoms with E-state index < -0.39 is 0 Å². The Bertz CT molecular complexity index is 801. The smallest absolute Gasteiger partial charge is 0.220 e. The van der Waals surface area contributed by atoms with Crippen molar-refractivity contribution in [3.8, 4) is 11.5 Å². The zero-order valence-electron chi connectivity index (χ0n) is 12.9. The summed E-state index contributed by atoms with van der Waals surface area (Å²) in [6.45, 7) is 0.322. The van der Waals surface area contributed by atoms with Gasteiger partial charge in [-0.3, -0.25) is 9.78 Å². The van der Waals surface area contributed by atoms with E-state index in [1.807, 2.05) is 30.3 Å². The Morgan fingerprint density at radius 3 is 2.67 bits per heavy atom. The van der Waals surface area contributed by atoms with Gasteiger partial charge in [0.2, 0.25) is 5.91 Å². The second kappa shape index (κ2) is 7.88. The molecule has 3 rings (SSSR count). The summed E-state index contributed by atoms with van der Waals surface area (Å²) in [7, 11) is 0. The fourth-order valence-electron chi connectivity index (χ4n) is 2.29. The topological polar surface area (TPSA) is 68.0 Å². The number of hydrogen-bond acceptors (Lipinski definition) is 4. The van der Waals surface area contributed by atoms with E-state index in [1.54, 1.807) is 24.7 Å². The first-order valence-corrected chi connectivity index (χ1v) is 8.36. The van der Waals surface area contributed by atoms with Gasteiger partial charge < -0.3 is 9.73 Å². The molecule has 0 aliphatic rings. The van der Waals surface area contributed by atoms with Crippen LogP contribution in [0.4, 0.5) is 0 Å². The third kappa shape index (κ3) is 4.29. The maximum atomic E-state index is 12.1. The van der Waals surface area contributed by atoms with Gasteiger partial charge in [0.15, 0.2) is 5.76 Å². The number of furan rings is 1. The average Bonchev–Trinajstić information content (AvgIpc) is 3.14. The number of aromatic nitrogens is 2. The standard InChI is InChI=1S/C18H16BrN3O2/c19-14-6-3-13(4-7-14)5-8-17(23)22-12-15-18(21-10-9-20-15)16-2-1-11-24-16/h1-4,6-7,9-11H,5,8,12H2,(H,22,23). The summed E-state index contributed by atoms with van der Waals surface area (Å²) >= 11 is 3.40. The van der Waals surface area contributed by atoms with E-state index in [9.17, 15) is 4.79 Å². The van der Waals surface area contributed by atoms with Gasteiger partial charge in [-0.2, -0.15) is 0 Å². The van der Waals surface area contributed by atoms with Crippen molar-refractivity contribution in [1.82, 2.24) is 15.3 Å². The number of rotatable bonds is 6. The number of amides is 1. The molecule has 0 spiro atoms. The predicted molar refractivity (Wildman–Crippen MR) is 94.0 cm³/mol. The molecule has 122 valence electrons. The van der Waals surface area contributed by atoms with Crippen molar-refractivity contribution in [3.05, 3.63) is 70.8 Å². The molecule has 2 heterocycles. The highest BCUT2D eigenvalue weighted by Gasteiger charge is 2.11. The number of benzene rings is 1. The molecule has 0 atom stereocenters. The molecule has 0 aliphatic carbocycles. The van der Waals surface area contributed by atoms with Crippen LogP contribution in [0.25, 0.3) is 11.5 Å². The van der Waals surface area contributed by atoms with Crippen molar-refractivity contribution in [3.63, 3.8) is 0 Å². The van der Waals surface area contributed by atoms with Gasteiger partial charge in [0.25, 0.3) is 0 Å². The van der Waals surface area contributed by atoms with E-state index >= 15 is 0 Å². The van der Waals surface area contributed by atoms with Gasteiger partial charge in [-0.15, -0.1) is 0 Å². The molecular formula is C18H16BrN3O2. The molecule has 0 aliphatic heterocycles. The lowest BCUT2D eigenvalue weighted by Crippen LogP contribution is -2.24. The number of carbonyl (C=O) groups excluding carboxylic acids is 1. The van der Waals surface area contributed by atoms with Crippen molar-refractivity contribution < 1.29 is 9.21 Å². The quantitative estimate of drug-likeness (QED) is 0.701. The van der Waals surface area contributed by atoms with Gasteiger partial charge in [-0.05, 0) is 36.2 Å². The van der Waals surface area contributed by atoms with Gasteiger partial charge >= 0.3 is 0 Å². The highest BCUT2D eigenvalue weighted by Crippen LogP contribution is 2.19. The van der Waals surface area contributed by atoms with Crippen LogP contribution in [0.1, 0.15) is 17.7 Å². The summed E-state index contributed by atoms with van der Waals surface area (Å²) in [4.78, 5) is 20.6. The first kappa shape index (κ1) is 16.4. The van der Waals surface area contributed by atoms with Gasteiger partial charge in [0.1, 0.15) is 5.69 Å². The third-order valence-corrected chi connectivity index (χ3v) is 4.06. The summed E-state index contributed by atoms with van der Waals surface area (Å²) < 4.78 is 6.39. The zero-order valence-corrected chi connectivity index (χ0v) is 14.5. The largest absolute Gasteiger partial charge is 0.463 e. The molecular weight excluding hydrogens is 370 g/mol. The Kier molecular flexibility index (Phi) is 5.38. The molecule has 1 N–H and O–H groups in total. The van der Waals surface area contributed by atoms with E-state index in [2.05, 4.69) is 31.2 Å². The van der Waals surface area contributed by atoms with Crippen molar-refractivity contribution >= 4 is 21.8 Å². The fourth-order valence-corrected chi connectivity index (χ4v) is 2.56. The van der Waals surface area contributed by atoms with Crippen LogP contribution < -0.4 is 5.32 Å². The molecule has 0 saturated heterocycles. The zero-order chi connectivity index (χ0) is 16.8. The van der Waals surface area contributed by atoms with Crippen LogP contribution >= 0.6 is 15.9 Å². The SMILES string of the molecule is O=C(CCc1ccc(Br)cc1)NCc1nccnc1-c1ccco1. The Morgan fingerprint density at radius 2 is 1.92 bits per heavy atom. The van der Waals surface area contributed by atoms with Gasteiger partial charge in [0.05, 0.1) is 18.5 Å². The second-order valence-corrected chi connectivity index (χ2v) is 6.15. The molecule has 0 bridgehead atoms. The van der Waals surface area contributed by atoms with Crippen LogP contribution in [0, 0.1) is 0 Å². The summed E-state index contributed by atoms with van der Waals surface area (Å²) in [5.74, 6) is 0.621. The van der Waals surface area contributed by atoms with Gasteiger partial charge in [0, 0.05) is 23.3 Å². The molecule has 0 unspecified atom stereocenters. The van der Waals surface area contributed by atoms with Crippen molar-refractivity contribution in [2.75, 3.05) is 0 Å². The monoisotopic (exact) mass is 385 g/mol. The summed E-state index contributed by atoms with van der Waals surface area (Å²) in [5.41, 5.74) is 2.46. The molecule has 0 fully saturated rings. The van der Waals surface area contributed by atoms with Crippen molar-refractivity contribution in [2.45, 2.75) is 19.4 Å². The molecule has 0 saturated carbocycles. The van der Waals surface area contributed by atoms with Crippen LogP contribution in [-0.4, -0.2) is 15.9 Å². The number of nitrogens with zero attached hydrogens (tertiary/aromatic N) is 2. The van der Waals surface area contributed by atoms with Crippen LogP contribution in [0.5, 0.6) is 0 Å². The Balaban J connectivity index is 1.56. The van der Waals surface area contributed by atoms with Crippen LogP contribution in [0.3, 0.4) is 0 Å². The fraction of sp³-hybridized carbons (Fsp3) is 0.167. The van der Waals surface area contributed by atoms with Crippen LogP contribution in [-0.2, 0) is 17.8 Å². The normalized spacial score (nSPS) is 10.5. The number of carbonyl (C=O) groups is 1. The van der Waals surface area contributed by atoms with E-state index in [0.717, 1.165) is 10.0 Å². The number of halogens is 1. The minimum absolute atomic E-state index is 0.0195. The lowest BCUT2D eigenvalue weighted by atomic mass is 10.1. The maximum absolute atomic E-state index is 12.1. The molecule has 2 aromatic heterocycles. The highest BCUT2D eigenvalue weighted by molar-refractivity contribution is 9.10. The molecule has 24 heavy (non-hydrogen) atoms. The second-order valence-electron chi connectivity index (χ2n) is 5.23. The first-order valence-electron chi connectivity index (χ1n) is 7.57. The predicted octanol–water partition coefficient (Wildman–Crippen LogP) is 3.75. The Hall–Kier alpha value is -2.47. The highest BCUT2D eigenvalue weighted by atomic mass is 79.9. The Morgan fingerprint density at radius 1 is 1.12 bits per heavy atom. The van der Waals surface area contributed by atoms with Gasteiger partial charge in [-0.25, -0.2) is 4.98 Å². The van der Waals surface area contributed by atoms with E-state index in [0.29, 0.717) is 36.5 Å². The van der Waals surface area contributed by atoms with Gasteiger partial charge in [-0.1, -0.05) is 28.1 Å². The van der Waals surface area contributed by atoms with Crippen molar-refractivity contribution in [2.24, 2.45) is 0 Å². The summed E-state index contributed by atoms with van der Waals surface area (Å²) in [5, 5.41) is 2.89. The maximum Gasteiger partial charge on any atom is 0.220 e. The van der Waals surface area contributed by atoms with E-state index in [-0.39, 0.29) is 5.91 Å². The number of nitrogens with one attached hydrogen (secondary N) is 1. The first-order chi connectivity index (χ1) is 11.7. The van der Waals surface area contributed by atoms with Crippen LogP contribution in [0.2, 0.25) is 0 Å². The summed E-state index contributed by atoms with van der Waals surface area (Å²) in [6, 6.07) is 11.6. The molecule has 1 aromatic carbocycles. The van der Waals surface area contributed by atoms with E-state index in [1.165, 1.54) is 0 Å². The van der Waals surface area contributed by atoms with E-state index in [4.69, 9.17) is 4.42 Å². The van der Waals surface area contributed by atoms with Crippen LogP contribution in [0.15, 0.2) is 63.9 Å². The van der Waals surface area contributed by atoms with Crippen molar-refractivity contribution in [1.29, 1.82) is 0 Å². The summed E-state index contributed by atoms with van der Waals surface area (Å²) in [6.07, 6.45) is 5.93. The molecule has 5 nitrogen and oxygen atoms in total. The Labute approximate surface area is 148 Å². The third-order valence-electron chi connectivity index (χ3n) is 3.54. The minimum Gasteiger partial charge on any atom is -0.463 e. The lowest BCUT2D eigenvalue weighted by Gasteiger charge is -2.07. The average molecular weight is 386 g/mol. The molecule has 1 amide bonds. The lowest BCUT2D eigenvalue weighted by molar-refractivity contribution is -0.121. The molecule has 0 radical (unpaired) electrons.